The van der Waals surface area contributed by atoms with Crippen LogP contribution in [0.4, 0.5) is 0 Å². The Bertz CT molecular complexity index is 615. The summed E-state index contributed by atoms with van der Waals surface area (Å²) < 4.78 is 5.54. The van der Waals surface area contributed by atoms with Crippen molar-refractivity contribution in [1.29, 1.82) is 0 Å². The van der Waals surface area contributed by atoms with Crippen molar-refractivity contribution >= 4 is 34.5 Å². The topological polar surface area (TPSA) is 87.9 Å². The lowest BCUT2D eigenvalue weighted by Crippen LogP contribution is -2.46. The molecule has 0 fully saturated rings. The fourth-order valence-electron chi connectivity index (χ4n) is 1.45. The van der Waals surface area contributed by atoms with E-state index in [-0.39, 0.29) is 0 Å². The summed E-state index contributed by atoms with van der Waals surface area (Å²) in [5.41, 5.74) is 6.39. The van der Waals surface area contributed by atoms with Gasteiger partial charge in [0.1, 0.15) is 4.99 Å². The van der Waals surface area contributed by atoms with Crippen molar-refractivity contribution in [3.05, 3.63) is 30.4 Å². The number of rotatable bonds is 4. The molecule has 7 nitrogen and oxygen atoms in total. The quantitative estimate of drug-likeness (QED) is 0.563. The number of nitrogens with one attached hydrogen (secondary N) is 3. The highest BCUT2D eigenvalue weighted by molar-refractivity contribution is 7.80. The van der Waals surface area contributed by atoms with Gasteiger partial charge in [0.25, 0.3) is 0 Å². The van der Waals surface area contributed by atoms with E-state index in [9.17, 15) is 0 Å². The minimum Gasteiger partial charge on any atom is -0.420 e. The van der Waals surface area contributed by atoms with Crippen molar-refractivity contribution in [1.82, 2.24) is 31.3 Å². The van der Waals surface area contributed by atoms with Crippen LogP contribution >= 0.6 is 24.4 Å². The van der Waals surface area contributed by atoms with Gasteiger partial charge in [-0.1, -0.05) is 12.2 Å². The zero-order valence-corrected chi connectivity index (χ0v) is 12.9. The van der Waals surface area contributed by atoms with Crippen molar-refractivity contribution < 1.29 is 4.42 Å². The number of pyridine rings is 1. The van der Waals surface area contributed by atoms with Crippen LogP contribution in [0, 0.1) is 0 Å². The molecule has 0 amide bonds. The van der Waals surface area contributed by atoms with Crippen molar-refractivity contribution in [2.24, 2.45) is 0 Å². The molecule has 110 valence electrons. The van der Waals surface area contributed by atoms with Crippen molar-refractivity contribution in [2.45, 2.75) is 13.3 Å². The second-order valence-electron chi connectivity index (χ2n) is 3.95. The third-order valence-electron chi connectivity index (χ3n) is 2.36. The fourth-order valence-corrected chi connectivity index (χ4v) is 1.82. The number of thiocarbonyl (C=S) groups is 2. The molecule has 0 aliphatic heterocycles. The van der Waals surface area contributed by atoms with E-state index >= 15 is 0 Å². The summed E-state index contributed by atoms with van der Waals surface area (Å²) in [6.07, 6.45) is 3.66. The van der Waals surface area contributed by atoms with E-state index in [2.05, 4.69) is 31.3 Å². The lowest BCUT2D eigenvalue weighted by atomic mass is 10.3. The van der Waals surface area contributed by atoms with Gasteiger partial charge in [-0.3, -0.25) is 15.8 Å². The first-order valence-corrected chi connectivity index (χ1v) is 7.06. The Morgan fingerprint density at radius 3 is 2.67 bits per heavy atom. The van der Waals surface area contributed by atoms with E-state index in [1.165, 1.54) is 0 Å². The van der Waals surface area contributed by atoms with Gasteiger partial charge in [0.15, 0.2) is 5.11 Å². The molecule has 0 spiro atoms. The van der Waals surface area contributed by atoms with Gasteiger partial charge in [-0.2, -0.15) is 0 Å². The van der Waals surface area contributed by atoms with E-state index in [1.54, 1.807) is 24.5 Å². The summed E-state index contributed by atoms with van der Waals surface area (Å²) >= 11 is 10.2. The Hall–Kier alpha value is -2.13. The molecule has 2 aromatic heterocycles. The largest absolute Gasteiger partial charge is 0.420 e. The van der Waals surface area contributed by atoms with Gasteiger partial charge in [-0.25, -0.2) is 0 Å². The Morgan fingerprint density at radius 1 is 1.19 bits per heavy atom. The summed E-state index contributed by atoms with van der Waals surface area (Å²) in [6, 6.07) is 3.59. The molecule has 2 rings (SSSR count). The Balaban J connectivity index is 1.88. The van der Waals surface area contributed by atoms with Crippen molar-refractivity contribution in [3.8, 4) is 11.5 Å². The molecule has 0 unspecified atom stereocenters. The van der Waals surface area contributed by atoms with Crippen LogP contribution < -0.4 is 16.2 Å². The predicted molar refractivity (Wildman–Crippen MR) is 86.4 cm³/mol. The molecule has 0 atom stereocenters. The van der Waals surface area contributed by atoms with Crippen LogP contribution in [0.2, 0.25) is 0 Å². The highest BCUT2D eigenvalue weighted by atomic mass is 32.1. The maximum Gasteiger partial charge on any atom is 0.247 e. The second-order valence-corrected chi connectivity index (χ2v) is 4.85. The zero-order valence-electron chi connectivity index (χ0n) is 11.3. The SMILES string of the molecule is CCNC(=S)NNC(=S)Cc1nnc(-c2ccncc2)o1. The van der Waals surface area contributed by atoms with Gasteiger partial charge in [0, 0.05) is 24.5 Å². The van der Waals surface area contributed by atoms with Crippen LogP contribution in [0.3, 0.4) is 0 Å². The monoisotopic (exact) mass is 322 g/mol. The number of aromatic nitrogens is 3. The van der Waals surface area contributed by atoms with E-state index in [0.717, 1.165) is 12.1 Å². The minimum absolute atomic E-state index is 0.329. The zero-order chi connectivity index (χ0) is 15.1. The standard InChI is InChI=1S/C12H14N6OS2/c1-2-14-12(21)18-16-10(20)7-9-15-17-11(19-9)8-3-5-13-6-4-8/h3-6H,2,7H2,1H3,(H,16,20)(H2,14,18,21). The van der Waals surface area contributed by atoms with Gasteiger partial charge >= 0.3 is 0 Å². The molecule has 0 saturated heterocycles. The van der Waals surface area contributed by atoms with E-state index in [4.69, 9.17) is 28.9 Å². The molecular formula is C12H14N6OS2. The van der Waals surface area contributed by atoms with Crippen LogP contribution in [0.5, 0.6) is 0 Å². The van der Waals surface area contributed by atoms with Gasteiger partial charge < -0.3 is 9.73 Å². The van der Waals surface area contributed by atoms with Gasteiger partial charge in [-0.15, -0.1) is 10.2 Å². The van der Waals surface area contributed by atoms with Gasteiger partial charge in [-0.05, 0) is 31.3 Å². The molecular weight excluding hydrogens is 308 g/mol. The first-order valence-electron chi connectivity index (χ1n) is 6.24. The summed E-state index contributed by atoms with van der Waals surface area (Å²) in [5.74, 6) is 0.863. The lowest BCUT2D eigenvalue weighted by molar-refractivity contribution is 0.523. The summed E-state index contributed by atoms with van der Waals surface area (Å²) in [6.45, 7) is 2.69. The molecule has 3 N–H and O–H groups in total. The third kappa shape index (κ3) is 4.72. The molecule has 0 saturated carbocycles. The summed E-state index contributed by atoms with van der Waals surface area (Å²) in [7, 11) is 0. The highest BCUT2D eigenvalue weighted by Gasteiger charge is 2.10. The van der Waals surface area contributed by atoms with Crippen molar-refractivity contribution in [3.63, 3.8) is 0 Å². The smallest absolute Gasteiger partial charge is 0.247 e. The number of hydrazine groups is 1. The van der Waals surface area contributed by atoms with Crippen LogP contribution in [0.25, 0.3) is 11.5 Å². The number of nitrogens with zero attached hydrogens (tertiary/aromatic N) is 3. The number of hydrogen-bond acceptors (Lipinski definition) is 6. The molecule has 9 heteroatoms. The first kappa shape index (κ1) is 15.3. The molecule has 0 aliphatic rings. The van der Waals surface area contributed by atoms with Gasteiger partial charge in [0.05, 0.1) is 6.42 Å². The van der Waals surface area contributed by atoms with E-state index < -0.39 is 0 Å². The molecule has 0 bridgehead atoms. The first-order chi connectivity index (χ1) is 10.2. The molecule has 0 aliphatic carbocycles. The molecule has 0 aromatic carbocycles. The average molecular weight is 322 g/mol. The normalized spacial score (nSPS) is 9.95. The maximum absolute atomic E-state index is 5.54. The Labute approximate surface area is 132 Å². The Kier molecular flexibility index (Phi) is 5.52. The predicted octanol–water partition coefficient (Wildman–Crippen LogP) is 0.990. The fraction of sp³-hybridized carbons (Fsp3) is 0.250. The minimum atomic E-state index is 0.329. The molecule has 21 heavy (non-hydrogen) atoms. The molecule has 2 aromatic rings. The lowest BCUT2D eigenvalue weighted by Gasteiger charge is -2.10. The van der Waals surface area contributed by atoms with Gasteiger partial charge in [0.2, 0.25) is 11.8 Å². The average Bonchev–Trinajstić information content (AvgIpc) is 2.95. The third-order valence-corrected chi connectivity index (χ3v) is 2.85. The summed E-state index contributed by atoms with van der Waals surface area (Å²) in [4.78, 5) is 4.44. The van der Waals surface area contributed by atoms with Crippen LogP contribution in [0.15, 0.2) is 28.9 Å². The van der Waals surface area contributed by atoms with Crippen LogP contribution in [-0.2, 0) is 6.42 Å². The molecule has 2 heterocycles. The van der Waals surface area contributed by atoms with E-state index in [0.29, 0.717) is 28.3 Å². The highest BCUT2D eigenvalue weighted by Crippen LogP contribution is 2.16. The van der Waals surface area contributed by atoms with Crippen LogP contribution in [-0.4, -0.2) is 31.8 Å². The summed E-state index contributed by atoms with van der Waals surface area (Å²) in [5, 5.41) is 11.3. The Morgan fingerprint density at radius 2 is 1.95 bits per heavy atom. The molecule has 0 radical (unpaired) electrons. The number of hydrogen-bond donors (Lipinski definition) is 3. The maximum atomic E-state index is 5.54. The van der Waals surface area contributed by atoms with Crippen LogP contribution in [0.1, 0.15) is 12.8 Å². The second kappa shape index (κ2) is 7.60. The van der Waals surface area contributed by atoms with E-state index in [1.807, 2.05) is 6.92 Å². The van der Waals surface area contributed by atoms with Crippen molar-refractivity contribution in [2.75, 3.05) is 6.54 Å².